The number of carbonyl (C=O) groups is 1. The van der Waals surface area contributed by atoms with Gasteiger partial charge in [-0.3, -0.25) is 4.79 Å². The summed E-state index contributed by atoms with van der Waals surface area (Å²) in [6.45, 7) is 4.04. The van der Waals surface area contributed by atoms with E-state index in [0.717, 1.165) is 23.0 Å². The minimum atomic E-state index is 0.776. The Morgan fingerprint density at radius 2 is 1.93 bits per heavy atom. The van der Waals surface area contributed by atoms with Crippen molar-refractivity contribution in [2.24, 2.45) is 0 Å². The van der Waals surface area contributed by atoms with Gasteiger partial charge in [-0.25, -0.2) is 0 Å². The number of aryl methyl sites for hydroxylation is 2. The summed E-state index contributed by atoms with van der Waals surface area (Å²) < 4.78 is 0. The standard InChI is InChI=1S/C13H12OS/c1-9-3-5-11(7-12(9)8-14)13-6-4-10(2)15-13/h3-8H,1-2H3. The number of thiophene rings is 1. The first-order valence-corrected chi connectivity index (χ1v) is 5.65. The van der Waals surface area contributed by atoms with E-state index in [2.05, 4.69) is 25.1 Å². The number of hydrogen-bond donors (Lipinski definition) is 0. The van der Waals surface area contributed by atoms with Crippen molar-refractivity contribution in [3.05, 3.63) is 46.3 Å². The van der Waals surface area contributed by atoms with Gasteiger partial charge in [-0.05, 0) is 43.2 Å². The van der Waals surface area contributed by atoms with Crippen LogP contribution in [-0.2, 0) is 0 Å². The van der Waals surface area contributed by atoms with Crippen molar-refractivity contribution in [3.63, 3.8) is 0 Å². The number of aldehydes is 1. The molecule has 1 aromatic heterocycles. The van der Waals surface area contributed by atoms with Gasteiger partial charge in [0.2, 0.25) is 0 Å². The molecule has 0 aliphatic heterocycles. The Kier molecular flexibility index (Phi) is 2.69. The number of benzene rings is 1. The van der Waals surface area contributed by atoms with Gasteiger partial charge in [0.15, 0.2) is 0 Å². The SMILES string of the molecule is Cc1ccc(-c2ccc(C)c(C=O)c2)s1. The molecule has 0 N–H and O–H groups in total. The smallest absolute Gasteiger partial charge is 0.150 e. The maximum atomic E-state index is 10.8. The summed E-state index contributed by atoms with van der Waals surface area (Å²) in [5.74, 6) is 0. The zero-order chi connectivity index (χ0) is 10.8. The minimum absolute atomic E-state index is 0.776. The van der Waals surface area contributed by atoms with Crippen LogP contribution in [-0.4, -0.2) is 6.29 Å². The highest BCUT2D eigenvalue weighted by atomic mass is 32.1. The lowest BCUT2D eigenvalue weighted by Gasteiger charge is -2.01. The molecule has 0 aliphatic rings. The van der Waals surface area contributed by atoms with Gasteiger partial charge in [-0.2, -0.15) is 0 Å². The summed E-state index contributed by atoms with van der Waals surface area (Å²) in [5.41, 5.74) is 2.93. The van der Waals surface area contributed by atoms with Crippen LogP contribution < -0.4 is 0 Å². The predicted octanol–water partition coefficient (Wildman–Crippen LogP) is 3.84. The monoisotopic (exact) mass is 216 g/mol. The van der Waals surface area contributed by atoms with Crippen molar-refractivity contribution in [1.29, 1.82) is 0 Å². The molecule has 0 aliphatic carbocycles. The molecule has 0 saturated heterocycles. The molecule has 0 radical (unpaired) electrons. The summed E-state index contributed by atoms with van der Waals surface area (Å²) in [6.07, 6.45) is 0.916. The Bertz CT molecular complexity index is 497. The molecule has 1 nitrogen and oxygen atoms in total. The largest absolute Gasteiger partial charge is 0.298 e. The lowest BCUT2D eigenvalue weighted by Crippen LogP contribution is -1.86. The maximum absolute atomic E-state index is 10.8. The van der Waals surface area contributed by atoms with Crippen LogP contribution >= 0.6 is 11.3 Å². The van der Waals surface area contributed by atoms with Crippen molar-refractivity contribution >= 4 is 17.6 Å². The fraction of sp³-hybridized carbons (Fsp3) is 0.154. The average Bonchev–Trinajstić information content (AvgIpc) is 2.66. The minimum Gasteiger partial charge on any atom is -0.298 e. The van der Waals surface area contributed by atoms with Gasteiger partial charge < -0.3 is 0 Å². The highest BCUT2D eigenvalue weighted by Crippen LogP contribution is 2.28. The van der Waals surface area contributed by atoms with Crippen LogP contribution in [0.3, 0.4) is 0 Å². The van der Waals surface area contributed by atoms with Gasteiger partial charge in [0.25, 0.3) is 0 Å². The van der Waals surface area contributed by atoms with E-state index in [1.54, 1.807) is 11.3 Å². The fourth-order valence-corrected chi connectivity index (χ4v) is 2.37. The Balaban J connectivity index is 2.50. The van der Waals surface area contributed by atoms with Gasteiger partial charge in [-0.1, -0.05) is 12.1 Å². The maximum Gasteiger partial charge on any atom is 0.150 e. The van der Waals surface area contributed by atoms with Crippen molar-refractivity contribution in [1.82, 2.24) is 0 Å². The normalized spacial score (nSPS) is 10.3. The molecule has 0 bridgehead atoms. The van der Waals surface area contributed by atoms with Gasteiger partial charge >= 0.3 is 0 Å². The zero-order valence-electron chi connectivity index (χ0n) is 8.78. The molecular formula is C13H12OS. The predicted molar refractivity (Wildman–Crippen MR) is 64.6 cm³/mol. The molecule has 2 heteroatoms. The van der Waals surface area contributed by atoms with E-state index in [1.165, 1.54) is 9.75 Å². The van der Waals surface area contributed by atoms with Crippen molar-refractivity contribution < 1.29 is 4.79 Å². The van der Waals surface area contributed by atoms with Crippen molar-refractivity contribution in [2.75, 3.05) is 0 Å². The first-order chi connectivity index (χ1) is 7.20. The molecule has 1 heterocycles. The first-order valence-electron chi connectivity index (χ1n) is 4.83. The first kappa shape index (κ1) is 10.1. The molecule has 2 aromatic rings. The van der Waals surface area contributed by atoms with Crippen molar-refractivity contribution in [3.8, 4) is 10.4 Å². The van der Waals surface area contributed by atoms with Crippen LogP contribution in [0.1, 0.15) is 20.8 Å². The number of rotatable bonds is 2. The summed E-state index contributed by atoms with van der Waals surface area (Å²) in [4.78, 5) is 13.3. The molecular weight excluding hydrogens is 204 g/mol. The molecule has 0 unspecified atom stereocenters. The van der Waals surface area contributed by atoms with E-state index >= 15 is 0 Å². The Hall–Kier alpha value is -1.41. The van der Waals surface area contributed by atoms with Gasteiger partial charge in [0.05, 0.1) is 0 Å². The fourth-order valence-electron chi connectivity index (χ4n) is 1.51. The summed E-state index contributed by atoms with van der Waals surface area (Å²) in [7, 11) is 0. The molecule has 0 spiro atoms. The summed E-state index contributed by atoms with van der Waals surface area (Å²) in [6, 6.07) is 10.2. The van der Waals surface area contributed by atoms with Crippen LogP contribution in [0.2, 0.25) is 0 Å². The second-order valence-electron chi connectivity index (χ2n) is 3.60. The molecule has 15 heavy (non-hydrogen) atoms. The van der Waals surface area contributed by atoms with E-state index in [1.807, 2.05) is 19.1 Å². The lowest BCUT2D eigenvalue weighted by atomic mass is 10.1. The van der Waals surface area contributed by atoms with Crippen LogP contribution in [0.4, 0.5) is 0 Å². The molecule has 1 aromatic carbocycles. The van der Waals surface area contributed by atoms with Crippen LogP contribution in [0.25, 0.3) is 10.4 Å². The highest BCUT2D eigenvalue weighted by Gasteiger charge is 2.03. The lowest BCUT2D eigenvalue weighted by molar-refractivity contribution is 0.112. The molecule has 0 atom stereocenters. The molecule has 76 valence electrons. The number of carbonyl (C=O) groups excluding carboxylic acids is 1. The van der Waals surface area contributed by atoms with Crippen LogP contribution in [0.15, 0.2) is 30.3 Å². The Morgan fingerprint density at radius 3 is 2.53 bits per heavy atom. The molecule has 0 fully saturated rings. The third kappa shape index (κ3) is 2.00. The van der Waals surface area contributed by atoms with Crippen LogP contribution in [0, 0.1) is 13.8 Å². The highest BCUT2D eigenvalue weighted by molar-refractivity contribution is 7.15. The topological polar surface area (TPSA) is 17.1 Å². The second-order valence-corrected chi connectivity index (χ2v) is 4.89. The van der Waals surface area contributed by atoms with Crippen LogP contribution in [0.5, 0.6) is 0 Å². The second kappa shape index (κ2) is 3.99. The Labute approximate surface area is 93.4 Å². The molecule has 2 rings (SSSR count). The number of hydrogen-bond acceptors (Lipinski definition) is 2. The quantitative estimate of drug-likeness (QED) is 0.697. The van der Waals surface area contributed by atoms with E-state index < -0.39 is 0 Å². The van der Waals surface area contributed by atoms with E-state index in [4.69, 9.17) is 0 Å². The third-order valence-corrected chi connectivity index (χ3v) is 3.48. The third-order valence-electron chi connectivity index (χ3n) is 2.43. The summed E-state index contributed by atoms with van der Waals surface area (Å²) >= 11 is 1.75. The van der Waals surface area contributed by atoms with E-state index in [-0.39, 0.29) is 0 Å². The van der Waals surface area contributed by atoms with E-state index in [0.29, 0.717) is 0 Å². The average molecular weight is 216 g/mol. The molecule has 0 saturated carbocycles. The van der Waals surface area contributed by atoms with Gasteiger partial charge in [0.1, 0.15) is 6.29 Å². The summed E-state index contributed by atoms with van der Waals surface area (Å²) in [5, 5.41) is 0. The van der Waals surface area contributed by atoms with Gasteiger partial charge in [-0.15, -0.1) is 11.3 Å². The van der Waals surface area contributed by atoms with Crippen molar-refractivity contribution in [2.45, 2.75) is 13.8 Å². The van der Waals surface area contributed by atoms with Gasteiger partial charge in [0, 0.05) is 15.3 Å². The zero-order valence-corrected chi connectivity index (χ0v) is 9.60. The Morgan fingerprint density at radius 1 is 1.13 bits per heavy atom. The molecule has 0 amide bonds. The van der Waals surface area contributed by atoms with E-state index in [9.17, 15) is 4.79 Å².